The zero-order valence-electron chi connectivity index (χ0n) is 10.3. The van der Waals surface area contributed by atoms with Crippen molar-refractivity contribution in [1.82, 2.24) is 0 Å². The summed E-state index contributed by atoms with van der Waals surface area (Å²) >= 11 is 6.19. The van der Waals surface area contributed by atoms with Crippen LogP contribution in [-0.2, 0) is 6.42 Å². The van der Waals surface area contributed by atoms with Crippen LogP contribution in [0.2, 0.25) is 5.02 Å². The molecule has 0 atom stereocenters. The molecule has 0 unspecified atom stereocenters. The summed E-state index contributed by atoms with van der Waals surface area (Å²) in [5.41, 5.74) is 8.87. The molecule has 0 aromatic heterocycles. The van der Waals surface area contributed by atoms with Gasteiger partial charge in [-0.05, 0) is 50.8 Å². The number of nitrogens with two attached hydrogens (primary N) is 1. The van der Waals surface area contributed by atoms with Gasteiger partial charge in [0.15, 0.2) is 0 Å². The van der Waals surface area contributed by atoms with E-state index in [1.165, 1.54) is 5.56 Å². The molecule has 0 aliphatic carbocycles. The Morgan fingerprint density at radius 2 is 2.00 bits per heavy atom. The Kier molecular flexibility index (Phi) is 5.10. The van der Waals surface area contributed by atoms with E-state index in [0.29, 0.717) is 0 Å². The highest BCUT2D eigenvalue weighted by Crippen LogP contribution is 2.33. The Morgan fingerprint density at radius 3 is 2.56 bits per heavy atom. The number of aryl methyl sites for hydroxylation is 2. The molecule has 1 aromatic rings. The molecule has 16 heavy (non-hydrogen) atoms. The lowest BCUT2D eigenvalue weighted by molar-refractivity contribution is 0.405. The smallest absolute Gasteiger partial charge is 0.126 e. The Bertz CT molecular complexity index is 363. The van der Waals surface area contributed by atoms with Gasteiger partial charge in [-0.1, -0.05) is 17.7 Å². The van der Waals surface area contributed by atoms with Crippen molar-refractivity contribution in [3.05, 3.63) is 27.8 Å². The van der Waals surface area contributed by atoms with Gasteiger partial charge in [-0.15, -0.1) is 0 Å². The van der Waals surface area contributed by atoms with E-state index in [9.17, 15) is 0 Å². The molecule has 2 N–H and O–H groups in total. The lowest BCUT2D eigenvalue weighted by Gasteiger charge is -2.14. The fourth-order valence-corrected chi connectivity index (χ4v) is 2.10. The van der Waals surface area contributed by atoms with E-state index in [-0.39, 0.29) is 0 Å². The van der Waals surface area contributed by atoms with Crippen molar-refractivity contribution >= 4 is 11.6 Å². The lowest BCUT2D eigenvalue weighted by atomic mass is 10.0. The van der Waals surface area contributed by atoms with Crippen LogP contribution >= 0.6 is 11.6 Å². The van der Waals surface area contributed by atoms with Crippen molar-refractivity contribution in [2.75, 3.05) is 13.7 Å². The summed E-state index contributed by atoms with van der Waals surface area (Å²) in [5, 5.41) is 0.805. The first kappa shape index (κ1) is 13.3. The number of benzene rings is 1. The largest absolute Gasteiger partial charge is 0.496 e. The van der Waals surface area contributed by atoms with E-state index < -0.39 is 0 Å². The molecule has 90 valence electrons. The van der Waals surface area contributed by atoms with Crippen LogP contribution in [0.15, 0.2) is 6.07 Å². The lowest BCUT2D eigenvalue weighted by Crippen LogP contribution is -2.01. The van der Waals surface area contributed by atoms with Gasteiger partial charge < -0.3 is 10.5 Å². The summed E-state index contributed by atoms with van der Waals surface area (Å²) in [6, 6.07) is 2.12. The summed E-state index contributed by atoms with van der Waals surface area (Å²) in [6.07, 6.45) is 3.14. The summed E-state index contributed by atoms with van der Waals surface area (Å²) in [6.45, 7) is 4.77. The maximum absolute atomic E-state index is 6.19. The molecule has 0 saturated carbocycles. The predicted molar refractivity (Wildman–Crippen MR) is 69.5 cm³/mol. The van der Waals surface area contributed by atoms with Crippen molar-refractivity contribution in [3.63, 3.8) is 0 Å². The van der Waals surface area contributed by atoms with Crippen LogP contribution in [0.25, 0.3) is 0 Å². The first-order valence-electron chi connectivity index (χ1n) is 5.64. The molecule has 0 amide bonds. The highest BCUT2D eigenvalue weighted by atomic mass is 35.5. The van der Waals surface area contributed by atoms with Gasteiger partial charge in [0.1, 0.15) is 5.75 Å². The second kappa shape index (κ2) is 6.12. The van der Waals surface area contributed by atoms with Crippen LogP contribution in [0.5, 0.6) is 5.75 Å². The SMILES string of the molecule is COc1c(CCCCN)cc(C)c(Cl)c1C. The zero-order valence-corrected chi connectivity index (χ0v) is 11.0. The highest BCUT2D eigenvalue weighted by molar-refractivity contribution is 6.32. The third-order valence-electron chi connectivity index (χ3n) is 2.80. The third kappa shape index (κ3) is 2.89. The molecule has 0 heterocycles. The maximum Gasteiger partial charge on any atom is 0.126 e. The topological polar surface area (TPSA) is 35.2 Å². The number of methoxy groups -OCH3 is 1. The van der Waals surface area contributed by atoms with Crippen LogP contribution in [0.1, 0.15) is 29.5 Å². The van der Waals surface area contributed by atoms with Gasteiger partial charge in [0.2, 0.25) is 0 Å². The van der Waals surface area contributed by atoms with Gasteiger partial charge in [-0.2, -0.15) is 0 Å². The quantitative estimate of drug-likeness (QED) is 0.804. The molecule has 1 aromatic carbocycles. The van der Waals surface area contributed by atoms with Crippen molar-refractivity contribution < 1.29 is 4.74 Å². The molecule has 2 nitrogen and oxygen atoms in total. The van der Waals surface area contributed by atoms with Crippen molar-refractivity contribution in [1.29, 1.82) is 0 Å². The van der Waals surface area contributed by atoms with Crippen LogP contribution in [0.4, 0.5) is 0 Å². The molecule has 0 spiro atoms. The third-order valence-corrected chi connectivity index (χ3v) is 3.38. The van der Waals surface area contributed by atoms with Crippen LogP contribution < -0.4 is 10.5 Å². The summed E-state index contributed by atoms with van der Waals surface area (Å²) in [7, 11) is 1.69. The van der Waals surface area contributed by atoms with Crippen molar-refractivity contribution in [3.8, 4) is 5.75 Å². The molecule has 1 rings (SSSR count). The Balaban J connectivity index is 2.98. The van der Waals surface area contributed by atoms with E-state index >= 15 is 0 Å². The number of hydrogen-bond acceptors (Lipinski definition) is 2. The second-order valence-electron chi connectivity index (χ2n) is 4.07. The van der Waals surface area contributed by atoms with Crippen LogP contribution in [0.3, 0.4) is 0 Å². The Morgan fingerprint density at radius 1 is 1.31 bits per heavy atom. The normalized spacial score (nSPS) is 10.6. The molecule has 0 aliphatic rings. The Labute approximate surface area is 103 Å². The molecule has 0 fully saturated rings. The molecular formula is C13H20ClNO. The molecule has 0 radical (unpaired) electrons. The first-order chi connectivity index (χ1) is 7.61. The minimum atomic E-state index is 0.744. The second-order valence-corrected chi connectivity index (χ2v) is 4.45. The summed E-state index contributed by atoms with van der Waals surface area (Å²) in [5.74, 6) is 0.924. The van der Waals surface area contributed by atoms with E-state index in [2.05, 4.69) is 6.07 Å². The van der Waals surface area contributed by atoms with E-state index in [1.807, 2.05) is 13.8 Å². The number of hydrogen-bond donors (Lipinski definition) is 1. The zero-order chi connectivity index (χ0) is 12.1. The average molecular weight is 242 g/mol. The van der Waals surface area contributed by atoms with Crippen LogP contribution in [-0.4, -0.2) is 13.7 Å². The minimum Gasteiger partial charge on any atom is -0.496 e. The van der Waals surface area contributed by atoms with Gasteiger partial charge in [0, 0.05) is 5.56 Å². The van der Waals surface area contributed by atoms with Gasteiger partial charge in [-0.3, -0.25) is 0 Å². The molecule has 0 saturated heterocycles. The minimum absolute atomic E-state index is 0.744. The van der Waals surface area contributed by atoms with Crippen molar-refractivity contribution in [2.45, 2.75) is 33.1 Å². The molecule has 3 heteroatoms. The standard InChI is InChI=1S/C13H20ClNO/c1-9-8-11(6-4-5-7-15)13(16-3)10(2)12(9)14/h8H,4-7,15H2,1-3H3. The fraction of sp³-hybridized carbons (Fsp3) is 0.538. The Hall–Kier alpha value is -0.730. The molecule has 0 aliphatic heterocycles. The summed E-state index contributed by atoms with van der Waals surface area (Å²) < 4.78 is 5.43. The number of halogens is 1. The van der Waals surface area contributed by atoms with Crippen LogP contribution in [0, 0.1) is 13.8 Å². The first-order valence-corrected chi connectivity index (χ1v) is 6.02. The monoisotopic (exact) mass is 241 g/mol. The van der Waals surface area contributed by atoms with Gasteiger partial charge in [0.05, 0.1) is 12.1 Å². The van der Waals surface area contributed by atoms with E-state index in [4.69, 9.17) is 22.1 Å². The number of unbranched alkanes of at least 4 members (excludes halogenated alkanes) is 1. The fourth-order valence-electron chi connectivity index (χ4n) is 1.96. The average Bonchev–Trinajstić information content (AvgIpc) is 2.27. The maximum atomic E-state index is 6.19. The van der Waals surface area contributed by atoms with Crippen molar-refractivity contribution in [2.24, 2.45) is 5.73 Å². The van der Waals surface area contributed by atoms with Gasteiger partial charge >= 0.3 is 0 Å². The number of rotatable bonds is 5. The van der Waals surface area contributed by atoms with E-state index in [0.717, 1.165) is 47.7 Å². The predicted octanol–water partition coefficient (Wildman–Crippen LogP) is 3.25. The highest BCUT2D eigenvalue weighted by Gasteiger charge is 2.11. The van der Waals surface area contributed by atoms with Gasteiger partial charge in [-0.25, -0.2) is 0 Å². The summed E-state index contributed by atoms with van der Waals surface area (Å²) in [4.78, 5) is 0. The van der Waals surface area contributed by atoms with E-state index in [1.54, 1.807) is 7.11 Å². The number of ether oxygens (including phenoxy) is 1. The van der Waals surface area contributed by atoms with Gasteiger partial charge in [0.25, 0.3) is 0 Å². The molecule has 0 bridgehead atoms. The molecular weight excluding hydrogens is 222 g/mol.